The van der Waals surface area contributed by atoms with Crippen LogP contribution in [0.2, 0.25) is 0 Å². The second-order valence-corrected chi connectivity index (χ2v) is 20.8. The Morgan fingerprint density at radius 3 is 1.29 bits per heavy atom. The van der Waals surface area contributed by atoms with Gasteiger partial charge in [-0.05, 0) is 19.3 Å². The van der Waals surface area contributed by atoms with Crippen molar-refractivity contribution in [3.05, 3.63) is 12.2 Å². The molecule has 0 bridgehead atoms. The first kappa shape index (κ1) is 65.8. The number of nitrogens with one attached hydrogen (secondary N) is 1. The largest absolute Gasteiger partial charge is 0.394 e. The van der Waals surface area contributed by atoms with Crippen LogP contribution in [0.1, 0.15) is 194 Å². The number of allylic oxidation sites excluding steroid dienone is 1. The van der Waals surface area contributed by atoms with Gasteiger partial charge in [-0.1, -0.05) is 180 Å². The number of amides is 1. The topological polar surface area (TPSA) is 307 Å². The van der Waals surface area contributed by atoms with Gasteiger partial charge in [0.2, 0.25) is 5.91 Å². The van der Waals surface area contributed by atoms with Crippen molar-refractivity contribution in [1.82, 2.24) is 5.32 Å². The third-order valence-electron chi connectivity index (χ3n) is 14.6. The fourth-order valence-corrected chi connectivity index (χ4v) is 9.84. The first-order chi connectivity index (χ1) is 35.3. The van der Waals surface area contributed by atoms with Gasteiger partial charge in [0.1, 0.15) is 73.2 Å². The minimum Gasteiger partial charge on any atom is -0.394 e. The Balaban J connectivity index is 1.39. The maximum atomic E-state index is 13.2. The van der Waals surface area contributed by atoms with Crippen molar-refractivity contribution < 1.29 is 89.4 Å². The van der Waals surface area contributed by atoms with E-state index in [-0.39, 0.29) is 18.9 Å². The summed E-state index contributed by atoms with van der Waals surface area (Å²) in [5, 5.41) is 119. The Morgan fingerprint density at radius 1 is 0.479 bits per heavy atom. The number of aliphatic hydroxyl groups is 11. The van der Waals surface area contributed by atoms with E-state index in [0.29, 0.717) is 6.42 Å². The quantitative estimate of drug-likeness (QED) is 0.0306. The van der Waals surface area contributed by atoms with Crippen LogP contribution in [-0.4, -0.2) is 193 Å². The summed E-state index contributed by atoms with van der Waals surface area (Å²) < 4.78 is 34.0. The Kier molecular flexibility index (Phi) is 35.1. The van der Waals surface area contributed by atoms with Gasteiger partial charge in [-0.15, -0.1) is 0 Å². The van der Waals surface area contributed by atoms with E-state index in [0.717, 1.165) is 44.9 Å². The Morgan fingerprint density at radius 2 is 0.849 bits per heavy atom. The van der Waals surface area contributed by atoms with Crippen LogP contribution in [0.4, 0.5) is 0 Å². The van der Waals surface area contributed by atoms with Crippen molar-refractivity contribution in [1.29, 1.82) is 0 Å². The van der Waals surface area contributed by atoms with E-state index in [2.05, 4.69) is 19.2 Å². The van der Waals surface area contributed by atoms with Crippen LogP contribution in [0, 0.1) is 0 Å². The van der Waals surface area contributed by atoms with Crippen LogP contribution in [0.15, 0.2) is 12.2 Å². The first-order valence-electron chi connectivity index (χ1n) is 28.4. The lowest BCUT2D eigenvalue weighted by Gasteiger charge is -2.48. The molecule has 3 aliphatic heterocycles. The highest BCUT2D eigenvalue weighted by Gasteiger charge is 2.53. The smallest absolute Gasteiger partial charge is 0.220 e. The van der Waals surface area contributed by atoms with E-state index < -0.39 is 124 Å². The summed E-state index contributed by atoms with van der Waals surface area (Å²) in [6.45, 7) is 1.60. The van der Waals surface area contributed by atoms with E-state index >= 15 is 0 Å². The highest BCUT2D eigenvalue weighted by molar-refractivity contribution is 5.76. The zero-order valence-corrected chi connectivity index (χ0v) is 44.4. The molecule has 3 saturated heterocycles. The standard InChI is InChI=1S/C54H101NO18/c1-3-5-7-9-10-11-12-13-14-15-16-17-18-19-20-21-22-23-24-25-26-28-30-32-42(60)55-37(38(59)31-29-27-8-6-4-2)36-68-52-48(66)45(63)50(40(34-57)70-52)73-54-49(67)46(64)51(41(35-58)71-54)72-53-47(65)44(62)43(61)39(33-56)69-53/h29,31,37-41,43-54,56-59,61-67H,3-28,30,32-36H2,1-2H3,(H,55,60)/b31-29+. The average molecular weight is 1050 g/mol. The second kappa shape index (κ2) is 39.0. The fraction of sp³-hybridized carbons (Fsp3) is 0.944. The molecule has 17 unspecified atom stereocenters. The molecule has 0 aromatic carbocycles. The number of carbonyl (C=O) groups excluding carboxylic acids is 1. The summed E-state index contributed by atoms with van der Waals surface area (Å²) in [6.07, 6.45) is 10.0. The minimum atomic E-state index is -1.97. The van der Waals surface area contributed by atoms with E-state index in [1.54, 1.807) is 6.08 Å². The number of aliphatic hydroxyl groups excluding tert-OH is 11. The SMILES string of the molecule is CCCCC/C=C/C(O)C(COC1OC(CO)C(OC2OC(CO)C(OC3OC(CO)C(O)C(O)C3O)C(O)C2O)C(O)C1O)NC(=O)CCCCCCCCCCCCCCCCCCCCCCCCC. The number of rotatable bonds is 41. The summed E-state index contributed by atoms with van der Waals surface area (Å²) in [6, 6.07) is -0.963. The molecule has 0 aromatic rings. The monoisotopic (exact) mass is 1050 g/mol. The molecule has 3 fully saturated rings. The van der Waals surface area contributed by atoms with E-state index in [1.165, 1.54) is 122 Å². The molecular weight excluding hydrogens is 951 g/mol. The van der Waals surface area contributed by atoms with Gasteiger partial charge in [0.05, 0.1) is 38.6 Å². The number of unbranched alkanes of at least 4 members (excludes halogenated alkanes) is 25. The summed E-state index contributed by atoms with van der Waals surface area (Å²) in [4.78, 5) is 13.2. The summed E-state index contributed by atoms with van der Waals surface area (Å²) in [5.74, 6) is -0.280. The van der Waals surface area contributed by atoms with E-state index in [1.807, 2.05) is 6.08 Å². The number of hydrogen-bond donors (Lipinski definition) is 12. The molecule has 0 aliphatic carbocycles. The molecule has 19 heteroatoms. The molecule has 0 saturated carbocycles. The summed E-state index contributed by atoms with van der Waals surface area (Å²) in [5.41, 5.74) is 0. The molecule has 3 heterocycles. The average Bonchev–Trinajstić information content (AvgIpc) is 3.38. The van der Waals surface area contributed by atoms with Gasteiger partial charge < -0.3 is 89.9 Å². The van der Waals surface area contributed by atoms with Gasteiger partial charge >= 0.3 is 0 Å². The van der Waals surface area contributed by atoms with Crippen molar-refractivity contribution in [2.45, 2.75) is 298 Å². The maximum Gasteiger partial charge on any atom is 0.220 e. The molecule has 0 aromatic heterocycles. The lowest BCUT2D eigenvalue weighted by molar-refractivity contribution is -0.379. The number of carbonyl (C=O) groups is 1. The highest BCUT2D eigenvalue weighted by Crippen LogP contribution is 2.33. The molecule has 3 rings (SSSR count). The van der Waals surface area contributed by atoms with Crippen molar-refractivity contribution in [3.63, 3.8) is 0 Å². The number of ether oxygens (including phenoxy) is 6. The fourth-order valence-electron chi connectivity index (χ4n) is 9.84. The van der Waals surface area contributed by atoms with Crippen molar-refractivity contribution in [2.75, 3.05) is 26.4 Å². The van der Waals surface area contributed by atoms with Gasteiger partial charge in [-0.3, -0.25) is 4.79 Å². The molecule has 430 valence electrons. The Hall–Kier alpha value is -1.47. The van der Waals surface area contributed by atoms with Gasteiger partial charge in [0, 0.05) is 6.42 Å². The molecule has 0 spiro atoms. The predicted octanol–water partition coefficient (Wildman–Crippen LogP) is 3.82. The van der Waals surface area contributed by atoms with Crippen LogP contribution in [0.5, 0.6) is 0 Å². The lowest BCUT2D eigenvalue weighted by Crippen LogP contribution is -2.66. The van der Waals surface area contributed by atoms with Crippen molar-refractivity contribution in [3.8, 4) is 0 Å². The van der Waals surface area contributed by atoms with Crippen molar-refractivity contribution in [2.24, 2.45) is 0 Å². The Bertz CT molecular complexity index is 1400. The van der Waals surface area contributed by atoms with Gasteiger partial charge in [0.15, 0.2) is 18.9 Å². The molecule has 17 atom stereocenters. The third-order valence-corrected chi connectivity index (χ3v) is 14.6. The molecule has 3 aliphatic rings. The molecule has 1 amide bonds. The van der Waals surface area contributed by atoms with Crippen LogP contribution < -0.4 is 5.32 Å². The second-order valence-electron chi connectivity index (χ2n) is 20.8. The molecular formula is C54H101NO18. The highest BCUT2D eigenvalue weighted by atomic mass is 16.8. The third kappa shape index (κ3) is 24.0. The van der Waals surface area contributed by atoms with Crippen LogP contribution in [0.3, 0.4) is 0 Å². The molecule has 0 radical (unpaired) electrons. The predicted molar refractivity (Wildman–Crippen MR) is 273 cm³/mol. The van der Waals surface area contributed by atoms with Crippen molar-refractivity contribution >= 4 is 5.91 Å². The van der Waals surface area contributed by atoms with Gasteiger partial charge in [-0.2, -0.15) is 0 Å². The molecule has 19 nitrogen and oxygen atoms in total. The Labute approximate surface area is 436 Å². The van der Waals surface area contributed by atoms with E-state index in [9.17, 15) is 61.0 Å². The van der Waals surface area contributed by atoms with Crippen LogP contribution in [-0.2, 0) is 33.2 Å². The zero-order chi connectivity index (χ0) is 53.4. The van der Waals surface area contributed by atoms with Crippen LogP contribution >= 0.6 is 0 Å². The summed E-state index contributed by atoms with van der Waals surface area (Å²) >= 11 is 0. The number of hydrogen-bond acceptors (Lipinski definition) is 18. The normalized spacial score (nSPS) is 31.8. The minimum absolute atomic E-state index is 0.247. The summed E-state index contributed by atoms with van der Waals surface area (Å²) in [7, 11) is 0. The van der Waals surface area contributed by atoms with Gasteiger partial charge in [0.25, 0.3) is 0 Å². The maximum absolute atomic E-state index is 13.2. The molecule has 12 N–H and O–H groups in total. The zero-order valence-electron chi connectivity index (χ0n) is 44.4. The lowest BCUT2D eigenvalue weighted by atomic mass is 9.96. The molecule has 73 heavy (non-hydrogen) atoms. The van der Waals surface area contributed by atoms with E-state index in [4.69, 9.17) is 28.4 Å². The first-order valence-corrected chi connectivity index (χ1v) is 28.4. The van der Waals surface area contributed by atoms with Crippen LogP contribution in [0.25, 0.3) is 0 Å². The van der Waals surface area contributed by atoms with Gasteiger partial charge in [-0.25, -0.2) is 0 Å².